The van der Waals surface area contributed by atoms with Crippen molar-refractivity contribution in [2.45, 2.75) is 6.42 Å². The first kappa shape index (κ1) is 16.3. The van der Waals surface area contributed by atoms with E-state index in [1.54, 1.807) is 24.3 Å². The third-order valence-corrected chi connectivity index (χ3v) is 4.13. The quantitative estimate of drug-likeness (QED) is 0.691. The predicted molar refractivity (Wildman–Crippen MR) is 93.1 cm³/mol. The molecule has 122 valence electrons. The number of carbonyl (C=O) groups is 1. The minimum atomic E-state index is -0.411. The van der Waals surface area contributed by atoms with Crippen LogP contribution in [0.3, 0.4) is 0 Å². The summed E-state index contributed by atoms with van der Waals surface area (Å²) in [7, 11) is 1.33. The maximum Gasteiger partial charge on any atom is 0.337 e. The summed E-state index contributed by atoms with van der Waals surface area (Å²) in [4.78, 5) is 23.6. The van der Waals surface area contributed by atoms with E-state index in [1.807, 2.05) is 24.3 Å². The second-order valence-electron chi connectivity index (χ2n) is 5.22. The number of rotatable bonds is 4. The topological polar surface area (TPSA) is 72.3 Å². The van der Waals surface area contributed by atoms with E-state index >= 15 is 0 Å². The van der Waals surface area contributed by atoms with Crippen LogP contribution < -0.4 is 5.56 Å². The van der Waals surface area contributed by atoms with Crippen molar-refractivity contribution in [1.82, 2.24) is 5.16 Å². The molecule has 24 heavy (non-hydrogen) atoms. The molecule has 2 aromatic carbocycles. The summed E-state index contributed by atoms with van der Waals surface area (Å²) in [6.07, 6.45) is 0.444. The third kappa shape index (κ3) is 3.33. The summed E-state index contributed by atoms with van der Waals surface area (Å²) in [5.41, 5.74) is 2.42. The Bertz CT molecular complexity index is 925. The van der Waals surface area contributed by atoms with Crippen molar-refractivity contribution >= 4 is 21.9 Å². The van der Waals surface area contributed by atoms with Crippen LogP contribution >= 0.6 is 15.9 Å². The molecule has 0 aliphatic rings. The molecular formula is C18H14BrNO4. The number of ether oxygens (including phenoxy) is 1. The maximum atomic E-state index is 12.1. The largest absolute Gasteiger partial charge is 0.465 e. The normalized spacial score (nSPS) is 10.6. The molecule has 0 bridgehead atoms. The molecule has 5 nitrogen and oxygen atoms in total. The number of nitrogens with one attached hydrogen (secondary N) is 1. The van der Waals surface area contributed by atoms with Gasteiger partial charge >= 0.3 is 5.97 Å². The predicted octanol–water partition coefficient (Wildman–Crippen LogP) is 3.77. The van der Waals surface area contributed by atoms with E-state index in [9.17, 15) is 9.59 Å². The molecular weight excluding hydrogens is 374 g/mol. The Balaban J connectivity index is 1.95. The molecule has 0 fully saturated rings. The second kappa shape index (κ2) is 6.88. The lowest BCUT2D eigenvalue weighted by molar-refractivity contribution is 0.0601. The summed E-state index contributed by atoms with van der Waals surface area (Å²) in [6, 6.07) is 14.5. The molecule has 0 spiro atoms. The van der Waals surface area contributed by atoms with Gasteiger partial charge in [-0.1, -0.05) is 40.2 Å². The fourth-order valence-corrected chi connectivity index (χ4v) is 2.89. The van der Waals surface area contributed by atoms with Crippen LogP contribution in [0.15, 0.2) is 62.3 Å². The monoisotopic (exact) mass is 387 g/mol. The van der Waals surface area contributed by atoms with Crippen molar-refractivity contribution in [3.8, 4) is 11.3 Å². The van der Waals surface area contributed by atoms with Crippen molar-refractivity contribution in [3.63, 3.8) is 0 Å². The first-order chi connectivity index (χ1) is 11.6. The van der Waals surface area contributed by atoms with Crippen LogP contribution in [0.4, 0.5) is 0 Å². The molecule has 0 saturated heterocycles. The standard InChI is InChI=1S/C18H14BrNO4/c1-23-18(22)13-7-5-12(6-8-13)16-15(17(21)20-24-16)10-11-3-2-4-14(19)9-11/h2-9H,10H2,1H3,(H,20,21). The van der Waals surface area contributed by atoms with Crippen molar-refractivity contribution in [1.29, 1.82) is 0 Å². The molecule has 0 aliphatic carbocycles. The summed E-state index contributed by atoms with van der Waals surface area (Å²) in [5.74, 6) is 0.0582. The summed E-state index contributed by atoms with van der Waals surface area (Å²) < 4.78 is 11.0. The van der Waals surface area contributed by atoms with Gasteiger partial charge in [-0.25, -0.2) is 4.79 Å². The van der Waals surface area contributed by atoms with E-state index in [4.69, 9.17) is 4.52 Å². The van der Waals surface area contributed by atoms with Crippen LogP contribution in [-0.2, 0) is 11.2 Å². The number of halogens is 1. The highest BCUT2D eigenvalue weighted by molar-refractivity contribution is 9.10. The number of hydrogen-bond donors (Lipinski definition) is 1. The first-order valence-corrected chi connectivity index (χ1v) is 8.01. The highest BCUT2D eigenvalue weighted by Gasteiger charge is 2.16. The third-order valence-electron chi connectivity index (χ3n) is 3.63. The number of methoxy groups -OCH3 is 1. The Labute approximate surface area is 146 Å². The highest BCUT2D eigenvalue weighted by atomic mass is 79.9. The smallest absolute Gasteiger partial charge is 0.337 e. The fraction of sp³-hybridized carbons (Fsp3) is 0.111. The van der Waals surface area contributed by atoms with Crippen molar-refractivity contribution in [3.05, 3.63) is 80.0 Å². The van der Waals surface area contributed by atoms with Gasteiger partial charge in [-0.15, -0.1) is 0 Å². The number of esters is 1. The van der Waals surface area contributed by atoms with Gasteiger partial charge in [0.15, 0.2) is 5.76 Å². The number of carbonyl (C=O) groups excluding carboxylic acids is 1. The van der Waals surface area contributed by atoms with E-state index in [0.29, 0.717) is 28.9 Å². The van der Waals surface area contributed by atoms with Crippen LogP contribution in [-0.4, -0.2) is 18.2 Å². The zero-order valence-corrected chi connectivity index (χ0v) is 14.4. The van der Waals surface area contributed by atoms with Crippen LogP contribution in [0.1, 0.15) is 21.5 Å². The number of aromatic nitrogens is 1. The highest BCUT2D eigenvalue weighted by Crippen LogP contribution is 2.24. The van der Waals surface area contributed by atoms with Gasteiger partial charge in [0, 0.05) is 16.5 Å². The number of aromatic amines is 1. The van der Waals surface area contributed by atoms with Crippen molar-refractivity contribution in [2.75, 3.05) is 7.11 Å². The van der Waals surface area contributed by atoms with Gasteiger partial charge in [0.1, 0.15) is 0 Å². The minimum absolute atomic E-state index is 0.262. The van der Waals surface area contributed by atoms with Gasteiger partial charge in [0.05, 0.1) is 18.2 Å². The molecule has 3 aromatic rings. The van der Waals surface area contributed by atoms with Gasteiger partial charge in [-0.05, 0) is 29.8 Å². The SMILES string of the molecule is COC(=O)c1ccc(-c2o[nH]c(=O)c2Cc2cccc(Br)c2)cc1. The zero-order valence-electron chi connectivity index (χ0n) is 12.8. The van der Waals surface area contributed by atoms with Crippen LogP contribution in [0.5, 0.6) is 0 Å². The lowest BCUT2D eigenvalue weighted by atomic mass is 10.0. The van der Waals surface area contributed by atoms with E-state index in [1.165, 1.54) is 7.11 Å². The zero-order chi connectivity index (χ0) is 17.1. The van der Waals surface area contributed by atoms with Crippen LogP contribution in [0.25, 0.3) is 11.3 Å². The molecule has 0 saturated carbocycles. The Hall–Kier alpha value is -2.60. The summed E-state index contributed by atoms with van der Waals surface area (Å²) >= 11 is 3.42. The van der Waals surface area contributed by atoms with Gasteiger partial charge in [-0.2, -0.15) is 5.16 Å². The van der Waals surface area contributed by atoms with Gasteiger partial charge in [0.25, 0.3) is 5.56 Å². The Morgan fingerprint density at radius 3 is 2.62 bits per heavy atom. The molecule has 0 radical (unpaired) electrons. The Morgan fingerprint density at radius 1 is 1.21 bits per heavy atom. The number of hydrogen-bond acceptors (Lipinski definition) is 4. The minimum Gasteiger partial charge on any atom is -0.465 e. The molecule has 6 heteroatoms. The summed E-state index contributed by atoms with van der Waals surface area (Å²) in [6.45, 7) is 0. The molecule has 0 aliphatic heterocycles. The Kier molecular flexibility index (Phi) is 4.66. The molecule has 0 amide bonds. The fourth-order valence-electron chi connectivity index (χ4n) is 2.44. The van der Waals surface area contributed by atoms with Crippen LogP contribution in [0, 0.1) is 0 Å². The van der Waals surface area contributed by atoms with E-state index in [0.717, 1.165) is 10.0 Å². The van der Waals surface area contributed by atoms with Crippen molar-refractivity contribution in [2.24, 2.45) is 0 Å². The average Bonchev–Trinajstić information content (AvgIpc) is 2.95. The molecule has 1 aromatic heterocycles. The van der Waals surface area contributed by atoms with Crippen molar-refractivity contribution < 1.29 is 14.1 Å². The number of H-pyrrole nitrogens is 1. The van der Waals surface area contributed by atoms with E-state index in [2.05, 4.69) is 25.8 Å². The first-order valence-electron chi connectivity index (χ1n) is 7.22. The average molecular weight is 388 g/mol. The van der Waals surface area contributed by atoms with E-state index in [-0.39, 0.29) is 5.56 Å². The molecule has 3 rings (SSSR count). The Morgan fingerprint density at radius 2 is 1.96 bits per heavy atom. The number of benzene rings is 2. The molecule has 0 atom stereocenters. The van der Waals surface area contributed by atoms with Gasteiger partial charge in [0.2, 0.25) is 0 Å². The van der Waals surface area contributed by atoms with Crippen LogP contribution in [0.2, 0.25) is 0 Å². The molecule has 1 heterocycles. The molecule has 0 unspecified atom stereocenters. The van der Waals surface area contributed by atoms with Gasteiger partial charge in [-0.3, -0.25) is 4.79 Å². The van der Waals surface area contributed by atoms with Gasteiger partial charge < -0.3 is 9.26 Å². The maximum absolute atomic E-state index is 12.1. The lowest BCUT2D eigenvalue weighted by Gasteiger charge is -2.04. The second-order valence-corrected chi connectivity index (χ2v) is 6.13. The molecule has 1 N–H and O–H groups in total. The lowest BCUT2D eigenvalue weighted by Crippen LogP contribution is -2.06. The summed E-state index contributed by atoms with van der Waals surface area (Å²) in [5, 5.41) is 2.39. The van der Waals surface area contributed by atoms with E-state index < -0.39 is 5.97 Å².